The summed E-state index contributed by atoms with van der Waals surface area (Å²) in [6.45, 7) is 7.15. The number of hydrogen-bond donors (Lipinski definition) is 1. The van der Waals surface area contributed by atoms with Crippen LogP contribution in [0.1, 0.15) is 38.6 Å². The third-order valence-corrected chi connectivity index (χ3v) is 4.07. The normalized spacial score (nSPS) is 10.9. The minimum Gasteiger partial charge on any atom is -0.369 e. The van der Waals surface area contributed by atoms with Gasteiger partial charge in [-0.1, -0.05) is 20.3 Å². The van der Waals surface area contributed by atoms with E-state index in [-0.39, 0.29) is 0 Å². The Morgan fingerprint density at radius 1 is 1.19 bits per heavy atom. The molecule has 2 rings (SSSR count). The van der Waals surface area contributed by atoms with Gasteiger partial charge in [0, 0.05) is 19.8 Å². The van der Waals surface area contributed by atoms with Gasteiger partial charge in [0.2, 0.25) is 0 Å². The summed E-state index contributed by atoms with van der Waals surface area (Å²) in [5.41, 5.74) is 3.10. The van der Waals surface area contributed by atoms with Crippen molar-refractivity contribution in [1.82, 2.24) is 19.7 Å². The van der Waals surface area contributed by atoms with Gasteiger partial charge < -0.3 is 5.32 Å². The lowest BCUT2D eigenvalue weighted by atomic mass is 10.2. The molecular weight excluding hydrogens is 330 g/mol. The molecule has 0 unspecified atom stereocenters. The van der Waals surface area contributed by atoms with Gasteiger partial charge in [-0.3, -0.25) is 4.68 Å². The van der Waals surface area contributed by atoms with E-state index < -0.39 is 0 Å². The maximum atomic E-state index is 4.75. The average molecular weight is 352 g/mol. The number of halogens is 1. The van der Waals surface area contributed by atoms with Gasteiger partial charge in [0.25, 0.3) is 0 Å². The Morgan fingerprint density at radius 3 is 2.57 bits per heavy atom. The molecule has 5 nitrogen and oxygen atoms in total. The molecule has 0 saturated carbocycles. The van der Waals surface area contributed by atoms with Gasteiger partial charge in [0.15, 0.2) is 5.82 Å². The molecule has 0 aliphatic rings. The third-order valence-electron chi connectivity index (χ3n) is 3.23. The van der Waals surface area contributed by atoms with Crippen molar-refractivity contribution in [2.45, 2.75) is 40.0 Å². The van der Waals surface area contributed by atoms with E-state index in [0.29, 0.717) is 0 Å². The van der Waals surface area contributed by atoms with Gasteiger partial charge in [0.05, 0.1) is 21.4 Å². The summed E-state index contributed by atoms with van der Waals surface area (Å²) in [6.07, 6.45) is 4.84. The molecule has 2 heterocycles. The average Bonchev–Trinajstić information content (AvgIpc) is 2.84. The second-order valence-corrected chi connectivity index (χ2v) is 5.75. The van der Waals surface area contributed by atoms with Crippen molar-refractivity contribution in [1.29, 1.82) is 0 Å². The number of rotatable bonds is 6. The minimum absolute atomic E-state index is 0.752. The van der Waals surface area contributed by atoms with Crippen LogP contribution in [0, 0.1) is 0 Å². The fourth-order valence-electron chi connectivity index (χ4n) is 2.28. The Labute approximate surface area is 134 Å². The fraction of sp³-hybridized carbons (Fsp3) is 0.533. The Morgan fingerprint density at radius 2 is 1.95 bits per heavy atom. The van der Waals surface area contributed by atoms with Gasteiger partial charge in [-0.15, -0.1) is 0 Å². The van der Waals surface area contributed by atoms with Crippen LogP contribution in [0.15, 0.2) is 10.7 Å². The van der Waals surface area contributed by atoms with Crippen LogP contribution in [-0.2, 0) is 19.9 Å². The largest absolute Gasteiger partial charge is 0.369 e. The highest BCUT2D eigenvalue weighted by Gasteiger charge is 2.16. The standard InChI is InChI=1S/C15H22BrN5/c1-5-8-12-13(16)15(17-7-3)19-14(18-12)10-9-21(4)20-11(10)6-2/h9H,5-8H2,1-4H3,(H,17,18,19). The predicted molar refractivity (Wildman–Crippen MR) is 89.5 cm³/mol. The van der Waals surface area contributed by atoms with Crippen LogP contribution in [0.25, 0.3) is 11.4 Å². The molecular formula is C15H22BrN5. The summed E-state index contributed by atoms with van der Waals surface area (Å²) in [4.78, 5) is 9.42. The second-order valence-electron chi connectivity index (χ2n) is 4.95. The number of aryl methyl sites for hydroxylation is 3. The van der Waals surface area contributed by atoms with E-state index in [1.165, 1.54) is 0 Å². The molecule has 0 spiro atoms. The SMILES string of the molecule is CCCc1nc(-c2cn(C)nc2CC)nc(NCC)c1Br. The first-order chi connectivity index (χ1) is 10.1. The van der Waals surface area contributed by atoms with Crippen molar-refractivity contribution < 1.29 is 0 Å². The number of nitrogens with one attached hydrogen (secondary N) is 1. The maximum absolute atomic E-state index is 4.75. The van der Waals surface area contributed by atoms with Crippen molar-refractivity contribution in [2.24, 2.45) is 7.05 Å². The molecule has 6 heteroatoms. The molecule has 114 valence electrons. The highest BCUT2D eigenvalue weighted by atomic mass is 79.9. The zero-order valence-corrected chi connectivity index (χ0v) is 14.7. The molecule has 2 aromatic heterocycles. The van der Waals surface area contributed by atoms with Crippen LogP contribution in [-0.4, -0.2) is 26.3 Å². The molecule has 2 aromatic rings. The lowest BCUT2D eigenvalue weighted by molar-refractivity contribution is 0.746. The first-order valence-corrected chi connectivity index (χ1v) is 8.23. The summed E-state index contributed by atoms with van der Waals surface area (Å²) >= 11 is 3.62. The minimum atomic E-state index is 0.752. The predicted octanol–water partition coefficient (Wildman–Crippen LogP) is 3.59. The number of hydrogen-bond acceptors (Lipinski definition) is 4. The van der Waals surface area contributed by atoms with E-state index in [0.717, 1.165) is 58.9 Å². The Kier molecular flexibility index (Phi) is 5.33. The molecule has 0 amide bonds. The van der Waals surface area contributed by atoms with Crippen molar-refractivity contribution in [2.75, 3.05) is 11.9 Å². The zero-order valence-electron chi connectivity index (χ0n) is 13.1. The van der Waals surface area contributed by atoms with Gasteiger partial charge in [-0.05, 0) is 35.7 Å². The van der Waals surface area contributed by atoms with Gasteiger partial charge >= 0.3 is 0 Å². The summed E-state index contributed by atoms with van der Waals surface area (Å²) < 4.78 is 2.79. The van der Waals surface area contributed by atoms with Crippen molar-refractivity contribution in [3.63, 3.8) is 0 Å². The summed E-state index contributed by atoms with van der Waals surface area (Å²) in [6, 6.07) is 0. The van der Waals surface area contributed by atoms with Crippen LogP contribution in [0.2, 0.25) is 0 Å². The molecule has 0 aliphatic carbocycles. The van der Waals surface area contributed by atoms with Crippen LogP contribution < -0.4 is 5.32 Å². The summed E-state index contributed by atoms with van der Waals surface area (Å²) in [5, 5.41) is 7.79. The molecule has 21 heavy (non-hydrogen) atoms. The second kappa shape index (κ2) is 7.02. The number of aromatic nitrogens is 4. The van der Waals surface area contributed by atoms with Gasteiger partial charge in [-0.25, -0.2) is 9.97 Å². The molecule has 0 bridgehead atoms. The zero-order chi connectivity index (χ0) is 15.4. The van der Waals surface area contributed by atoms with Gasteiger partial charge in [-0.2, -0.15) is 5.10 Å². The van der Waals surface area contributed by atoms with Crippen molar-refractivity contribution in [3.05, 3.63) is 22.1 Å². The highest BCUT2D eigenvalue weighted by molar-refractivity contribution is 9.10. The first-order valence-electron chi connectivity index (χ1n) is 7.43. The lowest BCUT2D eigenvalue weighted by Crippen LogP contribution is -2.06. The summed E-state index contributed by atoms with van der Waals surface area (Å²) in [7, 11) is 1.93. The molecule has 0 aliphatic heterocycles. The smallest absolute Gasteiger partial charge is 0.165 e. The fourth-order valence-corrected chi connectivity index (χ4v) is 2.80. The topological polar surface area (TPSA) is 55.6 Å². The molecule has 0 fully saturated rings. The van der Waals surface area contributed by atoms with E-state index in [9.17, 15) is 0 Å². The van der Waals surface area contributed by atoms with E-state index in [4.69, 9.17) is 4.98 Å². The molecule has 1 N–H and O–H groups in total. The third kappa shape index (κ3) is 3.43. The Hall–Kier alpha value is -1.43. The monoisotopic (exact) mass is 351 g/mol. The first kappa shape index (κ1) is 15.9. The number of anilines is 1. The van der Waals surface area contributed by atoms with E-state index in [2.05, 4.69) is 52.1 Å². The quantitative estimate of drug-likeness (QED) is 0.863. The van der Waals surface area contributed by atoms with Crippen LogP contribution in [0.5, 0.6) is 0 Å². The van der Waals surface area contributed by atoms with Crippen molar-refractivity contribution >= 4 is 21.7 Å². The lowest BCUT2D eigenvalue weighted by Gasteiger charge is -2.11. The van der Waals surface area contributed by atoms with E-state index in [1.807, 2.05) is 17.9 Å². The van der Waals surface area contributed by atoms with E-state index in [1.54, 1.807) is 0 Å². The Balaban J connectivity index is 2.56. The highest BCUT2D eigenvalue weighted by Crippen LogP contribution is 2.29. The van der Waals surface area contributed by atoms with Gasteiger partial charge in [0.1, 0.15) is 5.82 Å². The molecule has 0 aromatic carbocycles. The molecule has 0 atom stereocenters. The molecule has 0 radical (unpaired) electrons. The van der Waals surface area contributed by atoms with E-state index >= 15 is 0 Å². The van der Waals surface area contributed by atoms with Crippen LogP contribution in [0.4, 0.5) is 5.82 Å². The maximum Gasteiger partial charge on any atom is 0.165 e. The Bertz CT molecular complexity index is 594. The van der Waals surface area contributed by atoms with Crippen molar-refractivity contribution in [3.8, 4) is 11.4 Å². The summed E-state index contributed by atoms with van der Waals surface area (Å²) in [5.74, 6) is 1.61. The van der Waals surface area contributed by atoms with Crippen LogP contribution >= 0.6 is 15.9 Å². The van der Waals surface area contributed by atoms with Crippen LogP contribution in [0.3, 0.4) is 0 Å². The number of nitrogens with zero attached hydrogens (tertiary/aromatic N) is 4. The molecule has 0 saturated heterocycles.